The number of nitrogens with zero attached hydrogens (tertiary/aromatic N) is 2. The molecule has 0 aromatic heterocycles. The van der Waals surface area contributed by atoms with Crippen molar-refractivity contribution in [3.63, 3.8) is 0 Å². The third-order valence-corrected chi connectivity index (χ3v) is 3.88. The highest BCUT2D eigenvalue weighted by atomic mass is 16.5. The maximum absolute atomic E-state index is 12.8. The zero-order valence-electron chi connectivity index (χ0n) is 14.7. The van der Waals surface area contributed by atoms with Crippen LogP contribution in [0, 0.1) is 11.3 Å². The molecule has 3 rings (SSSR count). The lowest BCUT2D eigenvalue weighted by Gasteiger charge is -2.08. The SMILES string of the molecule is COc1ccc(NC(C#N)=Nc2ccccc2C(=O)c2ccccc2)cc1. The quantitative estimate of drug-likeness (QED) is 0.413. The van der Waals surface area contributed by atoms with Gasteiger partial charge in [0.25, 0.3) is 0 Å². The number of ether oxygens (including phenoxy) is 1. The predicted octanol–water partition coefficient (Wildman–Crippen LogP) is 4.59. The fourth-order valence-electron chi connectivity index (χ4n) is 2.52. The van der Waals surface area contributed by atoms with Crippen molar-refractivity contribution in [1.82, 2.24) is 0 Å². The Bertz CT molecular complexity index is 1000. The van der Waals surface area contributed by atoms with E-state index >= 15 is 0 Å². The molecule has 0 radical (unpaired) electrons. The summed E-state index contributed by atoms with van der Waals surface area (Å²) in [5.41, 5.74) is 2.14. The van der Waals surface area contributed by atoms with E-state index in [0.29, 0.717) is 22.5 Å². The normalized spacial score (nSPS) is 10.7. The molecule has 3 aromatic rings. The summed E-state index contributed by atoms with van der Waals surface area (Å²) in [6.07, 6.45) is 0. The standard InChI is InChI=1S/C22H17N3O2/c1-27-18-13-11-17(12-14-18)24-21(15-23)25-20-10-6-5-9-19(20)22(26)16-7-3-2-4-8-16/h2-14H,1H3,(H,24,25). The number of carbonyl (C=O) groups excluding carboxylic acids is 1. The largest absolute Gasteiger partial charge is 0.497 e. The van der Waals surface area contributed by atoms with Crippen LogP contribution in [0.4, 0.5) is 11.4 Å². The Morgan fingerprint density at radius 1 is 0.963 bits per heavy atom. The molecule has 0 amide bonds. The first-order chi connectivity index (χ1) is 13.2. The van der Waals surface area contributed by atoms with Gasteiger partial charge >= 0.3 is 0 Å². The number of methoxy groups -OCH3 is 1. The number of benzene rings is 3. The molecule has 0 atom stereocenters. The Balaban J connectivity index is 1.90. The highest BCUT2D eigenvalue weighted by Gasteiger charge is 2.13. The molecular weight excluding hydrogens is 338 g/mol. The highest BCUT2D eigenvalue weighted by molar-refractivity contribution is 6.14. The van der Waals surface area contributed by atoms with E-state index in [0.717, 1.165) is 5.75 Å². The molecule has 5 heteroatoms. The van der Waals surface area contributed by atoms with E-state index in [1.807, 2.05) is 24.3 Å². The molecule has 0 aliphatic rings. The van der Waals surface area contributed by atoms with Crippen molar-refractivity contribution in [2.45, 2.75) is 0 Å². The van der Waals surface area contributed by atoms with Crippen LogP contribution in [-0.2, 0) is 0 Å². The van der Waals surface area contributed by atoms with Crippen molar-refractivity contribution in [3.05, 3.63) is 90.0 Å². The van der Waals surface area contributed by atoms with Crippen LogP contribution in [0.25, 0.3) is 0 Å². The number of rotatable bonds is 5. The molecular formula is C22H17N3O2. The van der Waals surface area contributed by atoms with Gasteiger partial charge in [-0.15, -0.1) is 0 Å². The monoisotopic (exact) mass is 355 g/mol. The van der Waals surface area contributed by atoms with Crippen molar-refractivity contribution < 1.29 is 9.53 Å². The Morgan fingerprint density at radius 3 is 2.30 bits per heavy atom. The van der Waals surface area contributed by atoms with Gasteiger partial charge in [0.15, 0.2) is 5.78 Å². The zero-order valence-corrected chi connectivity index (χ0v) is 14.7. The van der Waals surface area contributed by atoms with Crippen molar-refractivity contribution in [3.8, 4) is 11.8 Å². The minimum absolute atomic E-state index is 0.0912. The Labute approximate surface area is 157 Å². The average Bonchev–Trinajstić information content (AvgIpc) is 2.74. The van der Waals surface area contributed by atoms with Gasteiger partial charge in [0.2, 0.25) is 5.84 Å². The lowest BCUT2D eigenvalue weighted by molar-refractivity contribution is 0.103. The van der Waals surface area contributed by atoms with E-state index in [4.69, 9.17) is 4.74 Å². The van der Waals surface area contributed by atoms with Crippen molar-refractivity contribution in [2.75, 3.05) is 12.4 Å². The van der Waals surface area contributed by atoms with E-state index < -0.39 is 0 Å². The molecule has 0 bridgehead atoms. The summed E-state index contributed by atoms with van der Waals surface area (Å²) in [7, 11) is 1.59. The third-order valence-electron chi connectivity index (χ3n) is 3.88. The van der Waals surface area contributed by atoms with Gasteiger partial charge in [0, 0.05) is 16.8 Å². The first-order valence-corrected chi connectivity index (χ1v) is 8.30. The summed E-state index contributed by atoms with van der Waals surface area (Å²) < 4.78 is 5.12. The molecule has 1 N–H and O–H groups in total. The maximum atomic E-state index is 12.8. The average molecular weight is 355 g/mol. The van der Waals surface area contributed by atoms with Crippen LogP contribution in [0.2, 0.25) is 0 Å². The van der Waals surface area contributed by atoms with Gasteiger partial charge in [-0.25, -0.2) is 4.99 Å². The minimum atomic E-state index is -0.142. The van der Waals surface area contributed by atoms with Crippen LogP contribution in [0.3, 0.4) is 0 Å². The van der Waals surface area contributed by atoms with Gasteiger partial charge < -0.3 is 10.1 Å². The second kappa shape index (κ2) is 8.45. The van der Waals surface area contributed by atoms with E-state index in [9.17, 15) is 10.1 Å². The van der Waals surface area contributed by atoms with Crippen molar-refractivity contribution >= 4 is 23.0 Å². The Morgan fingerprint density at radius 2 is 1.63 bits per heavy atom. The van der Waals surface area contributed by atoms with Crippen LogP contribution in [0.15, 0.2) is 83.9 Å². The number of carbonyl (C=O) groups is 1. The first kappa shape index (κ1) is 17.9. The van der Waals surface area contributed by atoms with Gasteiger partial charge in [0.05, 0.1) is 12.8 Å². The molecule has 0 unspecified atom stereocenters. The lowest BCUT2D eigenvalue weighted by Crippen LogP contribution is -2.09. The second-order valence-corrected chi connectivity index (χ2v) is 5.64. The molecule has 5 nitrogen and oxygen atoms in total. The molecule has 0 fully saturated rings. The smallest absolute Gasteiger partial charge is 0.211 e. The molecule has 0 aliphatic carbocycles. The van der Waals surface area contributed by atoms with Gasteiger partial charge in [-0.3, -0.25) is 4.79 Å². The predicted molar refractivity (Wildman–Crippen MR) is 106 cm³/mol. The fraction of sp³-hybridized carbons (Fsp3) is 0.0455. The number of anilines is 1. The second-order valence-electron chi connectivity index (χ2n) is 5.64. The molecule has 3 aromatic carbocycles. The molecule has 0 saturated carbocycles. The van der Waals surface area contributed by atoms with Gasteiger partial charge in [-0.1, -0.05) is 42.5 Å². The number of aliphatic imine (C=N–C) groups is 1. The number of hydrogen-bond acceptors (Lipinski definition) is 4. The van der Waals surface area contributed by atoms with E-state index in [-0.39, 0.29) is 11.6 Å². The maximum Gasteiger partial charge on any atom is 0.211 e. The molecule has 27 heavy (non-hydrogen) atoms. The van der Waals surface area contributed by atoms with Crippen LogP contribution < -0.4 is 10.1 Å². The van der Waals surface area contributed by atoms with Crippen molar-refractivity contribution in [2.24, 2.45) is 4.99 Å². The number of nitrogens with one attached hydrogen (secondary N) is 1. The number of ketones is 1. The Kier molecular flexibility index (Phi) is 5.60. The van der Waals surface area contributed by atoms with Gasteiger partial charge in [-0.2, -0.15) is 5.26 Å². The molecule has 0 spiro atoms. The number of amidine groups is 1. The van der Waals surface area contributed by atoms with Crippen LogP contribution in [0.1, 0.15) is 15.9 Å². The number of nitriles is 1. The number of para-hydroxylation sites is 1. The fourth-order valence-corrected chi connectivity index (χ4v) is 2.52. The zero-order chi connectivity index (χ0) is 19.1. The Hall–Kier alpha value is -3.91. The molecule has 132 valence electrons. The summed E-state index contributed by atoms with van der Waals surface area (Å²) in [6.45, 7) is 0. The molecule has 0 heterocycles. The molecule has 0 aliphatic heterocycles. The number of hydrogen-bond donors (Lipinski definition) is 1. The van der Waals surface area contributed by atoms with Crippen LogP contribution in [-0.4, -0.2) is 18.7 Å². The minimum Gasteiger partial charge on any atom is -0.497 e. The van der Waals surface area contributed by atoms with Gasteiger partial charge in [0.1, 0.15) is 11.8 Å². The van der Waals surface area contributed by atoms with E-state index in [1.54, 1.807) is 67.8 Å². The van der Waals surface area contributed by atoms with Crippen LogP contribution in [0.5, 0.6) is 5.75 Å². The van der Waals surface area contributed by atoms with Crippen molar-refractivity contribution in [1.29, 1.82) is 5.26 Å². The summed E-state index contributed by atoms with van der Waals surface area (Å²) in [4.78, 5) is 17.1. The summed E-state index contributed by atoms with van der Waals surface area (Å²) >= 11 is 0. The third kappa shape index (κ3) is 4.39. The topological polar surface area (TPSA) is 74.5 Å². The van der Waals surface area contributed by atoms with Gasteiger partial charge in [-0.05, 0) is 36.4 Å². The summed E-state index contributed by atoms with van der Waals surface area (Å²) in [5, 5.41) is 12.4. The highest BCUT2D eigenvalue weighted by Crippen LogP contribution is 2.23. The lowest BCUT2D eigenvalue weighted by atomic mass is 10.0. The summed E-state index contributed by atoms with van der Waals surface area (Å²) in [6, 6.07) is 25.1. The summed E-state index contributed by atoms with van der Waals surface area (Å²) in [5.74, 6) is 0.667. The first-order valence-electron chi connectivity index (χ1n) is 8.30. The van der Waals surface area contributed by atoms with Crippen LogP contribution >= 0.6 is 0 Å². The molecule has 0 saturated heterocycles. The van der Waals surface area contributed by atoms with E-state index in [1.165, 1.54) is 0 Å². The van der Waals surface area contributed by atoms with E-state index in [2.05, 4.69) is 10.3 Å².